The Morgan fingerprint density at radius 3 is 2.71 bits per heavy atom. The molecule has 0 aromatic carbocycles. The van der Waals surface area contributed by atoms with Gasteiger partial charge in [-0.3, -0.25) is 9.78 Å². The van der Waals surface area contributed by atoms with Crippen LogP contribution >= 0.6 is 0 Å². The van der Waals surface area contributed by atoms with Crippen molar-refractivity contribution in [1.82, 2.24) is 4.98 Å². The van der Waals surface area contributed by atoms with Crippen LogP contribution < -0.4 is 0 Å². The van der Waals surface area contributed by atoms with Crippen LogP contribution in [-0.2, 0) is 9.84 Å². The molecule has 4 nitrogen and oxygen atoms in total. The molecule has 0 radical (unpaired) electrons. The number of carbonyl (C=O) groups excluding carboxylic acids is 1. The third-order valence-electron chi connectivity index (χ3n) is 2.33. The van der Waals surface area contributed by atoms with Crippen molar-refractivity contribution in [3.8, 4) is 0 Å². The number of Topliss-reactive ketones (excluding diaryl/α,β-unsaturated/α-hetero) is 1. The standard InChI is InChI=1S/C11H14FNO3S/c1-2-17(15,16)5-3-4-11(14)9-6-10(12)8-13-7-9/h6-8H,2-5H2,1H3. The zero-order valence-electron chi connectivity index (χ0n) is 9.52. The van der Waals surface area contributed by atoms with Gasteiger partial charge in [0.1, 0.15) is 15.7 Å². The molecule has 0 bridgehead atoms. The van der Waals surface area contributed by atoms with Crippen molar-refractivity contribution >= 4 is 15.6 Å². The van der Waals surface area contributed by atoms with Crippen LogP contribution in [-0.4, -0.2) is 30.7 Å². The van der Waals surface area contributed by atoms with E-state index in [2.05, 4.69) is 4.98 Å². The zero-order chi connectivity index (χ0) is 12.9. The van der Waals surface area contributed by atoms with Crippen LogP contribution in [0.25, 0.3) is 0 Å². The van der Waals surface area contributed by atoms with Crippen LogP contribution in [0.2, 0.25) is 0 Å². The number of hydrogen-bond acceptors (Lipinski definition) is 4. The minimum absolute atomic E-state index is 0.0159. The van der Waals surface area contributed by atoms with E-state index in [0.29, 0.717) is 0 Å². The van der Waals surface area contributed by atoms with Crippen LogP contribution in [0.5, 0.6) is 0 Å². The summed E-state index contributed by atoms with van der Waals surface area (Å²) in [5.41, 5.74) is 0.180. The lowest BCUT2D eigenvalue weighted by atomic mass is 10.1. The zero-order valence-corrected chi connectivity index (χ0v) is 10.3. The van der Waals surface area contributed by atoms with E-state index < -0.39 is 15.7 Å². The van der Waals surface area contributed by atoms with Crippen LogP contribution in [0.1, 0.15) is 30.1 Å². The van der Waals surface area contributed by atoms with Crippen LogP contribution in [0, 0.1) is 5.82 Å². The molecule has 0 N–H and O–H groups in total. The summed E-state index contributed by atoms with van der Waals surface area (Å²) in [6.07, 6.45) is 2.63. The minimum Gasteiger partial charge on any atom is -0.294 e. The van der Waals surface area contributed by atoms with Gasteiger partial charge in [-0.1, -0.05) is 6.92 Å². The number of nitrogens with zero attached hydrogens (tertiary/aromatic N) is 1. The van der Waals surface area contributed by atoms with Gasteiger partial charge >= 0.3 is 0 Å². The Bertz CT molecular complexity index is 499. The van der Waals surface area contributed by atoms with Crippen molar-refractivity contribution < 1.29 is 17.6 Å². The van der Waals surface area contributed by atoms with Crippen molar-refractivity contribution in [1.29, 1.82) is 0 Å². The van der Waals surface area contributed by atoms with Gasteiger partial charge in [0.15, 0.2) is 5.78 Å². The van der Waals surface area contributed by atoms with Crippen LogP contribution in [0.4, 0.5) is 4.39 Å². The molecule has 0 unspecified atom stereocenters. The molecule has 0 aliphatic carbocycles. The molecule has 0 atom stereocenters. The molecule has 0 fully saturated rings. The van der Waals surface area contributed by atoms with Gasteiger partial charge in [-0.05, 0) is 12.5 Å². The Hall–Kier alpha value is -1.30. The first-order chi connectivity index (χ1) is 7.94. The van der Waals surface area contributed by atoms with Gasteiger partial charge in [-0.25, -0.2) is 12.8 Å². The molecular weight excluding hydrogens is 245 g/mol. The summed E-state index contributed by atoms with van der Waals surface area (Å²) in [7, 11) is -3.05. The molecule has 1 heterocycles. The van der Waals surface area contributed by atoms with Gasteiger partial charge in [0, 0.05) is 23.9 Å². The number of ketones is 1. The summed E-state index contributed by atoms with van der Waals surface area (Å²) >= 11 is 0. The summed E-state index contributed by atoms with van der Waals surface area (Å²) in [6, 6.07) is 1.10. The number of pyridine rings is 1. The number of aromatic nitrogens is 1. The van der Waals surface area contributed by atoms with Gasteiger partial charge in [-0.2, -0.15) is 0 Å². The van der Waals surface area contributed by atoms with Crippen molar-refractivity contribution in [3.05, 3.63) is 29.8 Å². The predicted octanol–water partition coefficient (Wildman–Crippen LogP) is 1.62. The Labute approximate surface area is 99.8 Å². The monoisotopic (exact) mass is 259 g/mol. The molecule has 0 saturated heterocycles. The molecule has 6 heteroatoms. The Morgan fingerprint density at radius 1 is 1.41 bits per heavy atom. The fourth-order valence-electron chi connectivity index (χ4n) is 1.31. The topological polar surface area (TPSA) is 64.1 Å². The first kappa shape index (κ1) is 13.8. The Balaban J connectivity index is 2.51. The van der Waals surface area contributed by atoms with E-state index in [4.69, 9.17) is 0 Å². The highest BCUT2D eigenvalue weighted by Crippen LogP contribution is 2.07. The van der Waals surface area contributed by atoms with E-state index in [1.807, 2.05) is 0 Å². The average molecular weight is 259 g/mol. The molecular formula is C11H14FNO3S. The maximum Gasteiger partial charge on any atom is 0.164 e. The van der Waals surface area contributed by atoms with Crippen molar-refractivity contribution in [2.24, 2.45) is 0 Å². The maximum absolute atomic E-state index is 12.8. The highest BCUT2D eigenvalue weighted by atomic mass is 32.2. The molecule has 1 aromatic heterocycles. The van der Waals surface area contributed by atoms with Crippen molar-refractivity contribution in [2.45, 2.75) is 19.8 Å². The summed E-state index contributed by atoms with van der Waals surface area (Å²) < 4.78 is 35.2. The summed E-state index contributed by atoms with van der Waals surface area (Å²) in [5.74, 6) is -0.805. The lowest BCUT2D eigenvalue weighted by molar-refractivity contribution is 0.0981. The van der Waals surface area contributed by atoms with E-state index in [-0.39, 0.29) is 35.7 Å². The first-order valence-corrected chi connectivity index (χ1v) is 7.11. The second kappa shape index (κ2) is 5.86. The largest absolute Gasteiger partial charge is 0.294 e. The van der Waals surface area contributed by atoms with Gasteiger partial charge in [0.05, 0.1) is 11.9 Å². The summed E-state index contributed by atoms with van der Waals surface area (Å²) in [5, 5.41) is 0. The van der Waals surface area contributed by atoms with Gasteiger partial charge < -0.3 is 0 Å². The van der Waals surface area contributed by atoms with E-state index in [0.717, 1.165) is 12.3 Å². The lowest BCUT2D eigenvalue weighted by Crippen LogP contribution is -2.10. The van der Waals surface area contributed by atoms with E-state index in [9.17, 15) is 17.6 Å². The SMILES string of the molecule is CCS(=O)(=O)CCCC(=O)c1cncc(F)c1. The molecule has 0 aliphatic rings. The second-order valence-electron chi connectivity index (χ2n) is 3.65. The molecule has 94 valence electrons. The molecule has 1 rings (SSSR count). The van der Waals surface area contributed by atoms with Crippen LogP contribution in [0.15, 0.2) is 18.5 Å². The smallest absolute Gasteiger partial charge is 0.164 e. The molecule has 0 spiro atoms. The average Bonchev–Trinajstić information content (AvgIpc) is 2.28. The normalized spacial score (nSPS) is 11.4. The van der Waals surface area contributed by atoms with E-state index >= 15 is 0 Å². The minimum atomic E-state index is -3.05. The number of halogens is 1. The lowest BCUT2D eigenvalue weighted by Gasteiger charge is -2.01. The number of sulfone groups is 1. The predicted molar refractivity (Wildman–Crippen MR) is 62.1 cm³/mol. The molecule has 0 saturated carbocycles. The third kappa shape index (κ3) is 4.60. The molecule has 0 amide bonds. The highest BCUT2D eigenvalue weighted by molar-refractivity contribution is 7.91. The fourth-order valence-corrected chi connectivity index (χ4v) is 2.18. The fraction of sp³-hybridized carbons (Fsp3) is 0.455. The summed E-state index contributed by atoms with van der Waals surface area (Å²) in [4.78, 5) is 15.1. The van der Waals surface area contributed by atoms with Crippen LogP contribution in [0.3, 0.4) is 0 Å². The number of hydrogen-bond donors (Lipinski definition) is 0. The van der Waals surface area contributed by atoms with Gasteiger partial charge in [0.2, 0.25) is 0 Å². The quantitative estimate of drug-likeness (QED) is 0.728. The van der Waals surface area contributed by atoms with E-state index in [1.54, 1.807) is 6.92 Å². The van der Waals surface area contributed by atoms with Gasteiger partial charge in [-0.15, -0.1) is 0 Å². The van der Waals surface area contributed by atoms with E-state index in [1.165, 1.54) is 6.20 Å². The first-order valence-electron chi connectivity index (χ1n) is 5.29. The highest BCUT2D eigenvalue weighted by Gasteiger charge is 2.11. The Morgan fingerprint density at radius 2 is 2.12 bits per heavy atom. The molecule has 1 aromatic rings. The second-order valence-corrected chi connectivity index (χ2v) is 6.13. The summed E-state index contributed by atoms with van der Waals surface area (Å²) in [6.45, 7) is 1.56. The number of rotatable bonds is 6. The molecule has 17 heavy (non-hydrogen) atoms. The third-order valence-corrected chi connectivity index (χ3v) is 4.12. The Kier molecular flexibility index (Phi) is 4.74. The number of carbonyl (C=O) groups is 1. The van der Waals surface area contributed by atoms with Crippen molar-refractivity contribution in [3.63, 3.8) is 0 Å². The van der Waals surface area contributed by atoms with Crippen molar-refractivity contribution in [2.75, 3.05) is 11.5 Å². The molecule has 0 aliphatic heterocycles. The maximum atomic E-state index is 12.8. The van der Waals surface area contributed by atoms with Gasteiger partial charge in [0.25, 0.3) is 0 Å².